The topological polar surface area (TPSA) is 91.0 Å². The van der Waals surface area contributed by atoms with Crippen molar-refractivity contribution < 1.29 is 14.4 Å². The molecule has 0 unspecified atom stereocenters. The predicted octanol–water partition coefficient (Wildman–Crippen LogP) is 3.45. The molecule has 2 aromatic rings. The first-order chi connectivity index (χ1) is 11.7. The van der Waals surface area contributed by atoms with Crippen molar-refractivity contribution in [2.24, 2.45) is 11.1 Å². The summed E-state index contributed by atoms with van der Waals surface area (Å²) in [7, 11) is 0. The van der Waals surface area contributed by atoms with Crippen LogP contribution in [-0.4, -0.2) is 19.2 Å². The first-order valence-electron chi connectivity index (χ1n) is 7.42. The highest BCUT2D eigenvalue weighted by atomic mass is 16.6. The molecular formula is C18H18N2O4. The van der Waals surface area contributed by atoms with Crippen LogP contribution in [0.2, 0.25) is 0 Å². The SMILES string of the molecule is CCOC(=O)/C(=C(\CON)c1ccc(N=O)cc1)c1ccccc1. The van der Waals surface area contributed by atoms with Gasteiger partial charge in [0.1, 0.15) is 5.69 Å². The third-order valence-electron chi connectivity index (χ3n) is 3.39. The summed E-state index contributed by atoms with van der Waals surface area (Å²) in [5.74, 6) is 4.79. The molecule has 2 rings (SSSR count). The molecule has 0 aliphatic carbocycles. The van der Waals surface area contributed by atoms with Gasteiger partial charge in [0.25, 0.3) is 0 Å². The second-order valence-electron chi connectivity index (χ2n) is 4.89. The molecule has 6 nitrogen and oxygen atoms in total. The molecule has 0 radical (unpaired) electrons. The van der Waals surface area contributed by atoms with Gasteiger partial charge < -0.3 is 4.74 Å². The molecule has 24 heavy (non-hydrogen) atoms. The maximum atomic E-state index is 12.5. The molecule has 6 heteroatoms. The first-order valence-corrected chi connectivity index (χ1v) is 7.42. The van der Waals surface area contributed by atoms with Crippen LogP contribution in [0.25, 0.3) is 11.1 Å². The Morgan fingerprint density at radius 3 is 2.25 bits per heavy atom. The lowest BCUT2D eigenvalue weighted by Gasteiger charge is -2.15. The largest absolute Gasteiger partial charge is 0.462 e. The first kappa shape index (κ1) is 17.5. The fourth-order valence-corrected chi connectivity index (χ4v) is 2.33. The number of nitroso groups, excluding NO2 is 1. The minimum absolute atomic E-state index is 0.0108. The molecule has 0 saturated heterocycles. The number of hydrogen-bond acceptors (Lipinski definition) is 6. The average molecular weight is 326 g/mol. The van der Waals surface area contributed by atoms with E-state index in [-0.39, 0.29) is 13.2 Å². The Balaban J connectivity index is 2.63. The quantitative estimate of drug-likeness (QED) is 0.277. The molecule has 0 fully saturated rings. The van der Waals surface area contributed by atoms with E-state index >= 15 is 0 Å². The normalized spacial score (nSPS) is 11.6. The van der Waals surface area contributed by atoms with Gasteiger partial charge in [0, 0.05) is 5.57 Å². The van der Waals surface area contributed by atoms with Gasteiger partial charge in [-0.05, 0) is 35.4 Å². The zero-order valence-corrected chi connectivity index (χ0v) is 13.3. The van der Waals surface area contributed by atoms with Crippen LogP contribution in [0.3, 0.4) is 0 Å². The zero-order valence-electron chi connectivity index (χ0n) is 13.3. The summed E-state index contributed by atoms with van der Waals surface area (Å²) in [6, 6.07) is 15.6. The number of ether oxygens (including phenoxy) is 1. The smallest absolute Gasteiger partial charge is 0.339 e. The predicted molar refractivity (Wildman–Crippen MR) is 91.9 cm³/mol. The van der Waals surface area contributed by atoms with E-state index in [0.717, 1.165) is 0 Å². The third kappa shape index (κ3) is 4.13. The molecule has 124 valence electrons. The van der Waals surface area contributed by atoms with Crippen LogP contribution in [0.4, 0.5) is 5.69 Å². The van der Waals surface area contributed by atoms with Crippen molar-refractivity contribution in [3.05, 3.63) is 70.6 Å². The Morgan fingerprint density at radius 1 is 1.04 bits per heavy atom. The number of hydrogen-bond donors (Lipinski definition) is 1. The van der Waals surface area contributed by atoms with E-state index in [9.17, 15) is 9.70 Å². The molecule has 0 aliphatic heterocycles. The van der Waals surface area contributed by atoms with Crippen LogP contribution in [-0.2, 0) is 14.4 Å². The van der Waals surface area contributed by atoms with Crippen LogP contribution in [0, 0.1) is 4.91 Å². The fourth-order valence-electron chi connectivity index (χ4n) is 2.33. The summed E-state index contributed by atoms with van der Waals surface area (Å²) in [6.07, 6.45) is 0. The van der Waals surface area contributed by atoms with Gasteiger partial charge in [-0.25, -0.2) is 10.7 Å². The van der Waals surface area contributed by atoms with E-state index in [1.807, 2.05) is 30.3 Å². The monoisotopic (exact) mass is 326 g/mol. The number of rotatable bonds is 7. The number of carbonyl (C=O) groups is 1. The summed E-state index contributed by atoms with van der Waals surface area (Å²) in [6.45, 7) is 2.00. The maximum Gasteiger partial charge on any atom is 0.339 e. The van der Waals surface area contributed by atoms with Gasteiger partial charge in [-0.2, -0.15) is 0 Å². The van der Waals surface area contributed by atoms with E-state index in [2.05, 4.69) is 5.18 Å². The second kappa shape index (κ2) is 8.71. The number of esters is 1. The lowest BCUT2D eigenvalue weighted by molar-refractivity contribution is -0.136. The van der Waals surface area contributed by atoms with Crippen molar-refractivity contribution in [1.29, 1.82) is 0 Å². The summed E-state index contributed by atoms with van der Waals surface area (Å²) < 4.78 is 5.19. The van der Waals surface area contributed by atoms with Crippen LogP contribution in [0.5, 0.6) is 0 Å². The van der Waals surface area contributed by atoms with Crippen molar-refractivity contribution in [2.75, 3.05) is 13.2 Å². The van der Waals surface area contributed by atoms with Gasteiger partial charge in [0.2, 0.25) is 0 Å². The van der Waals surface area contributed by atoms with Crippen LogP contribution < -0.4 is 5.90 Å². The molecule has 0 saturated carbocycles. The Hall–Kier alpha value is -2.83. The number of nitrogens with zero attached hydrogens (tertiary/aromatic N) is 1. The number of carbonyl (C=O) groups excluding carboxylic acids is 1. The van der Waals surface area contributed by atoms with Crippen molar-refractivity contribution >= 4 is 22.8 Å². The number of benzene rings is 2. The standard InChI is InChI=1S/C18H18N2O4/c1-2-23-18(21)17(14-6-4-3-5-7-14)16(12-24-19)13-8-10-15(20-22)11-9-13/h3-11H,2,12,19H2,1H3/b17-16+. The Kier molecular flexibility index (Phi) is 6.36. The van der Waals surface area contributed by atoms with E-state index in [1.165, 1.54) is 0 Å². The highest BCUT2D eigenvalue weighted by molar-refractivity contribution is 6.24. The summed E-state index contributed by atoms with van der Waals surface area (Å²) >= 11 is 0. The van der Waals surface area contributed by atoms with Crippen molar-refractivity contribution in [3.63, 3.8) is 0 Å². The van der Waals surface area contributed by atoms with Crippen LogP contribution >= 0.6 is 0 Å². The van der Waals surface area contributed by atoms with Gasteiger partial charge in [-0.15, -0.1) is 4.91 Å². The van der Waals surface area contributed by atoms with E-state index in [0.29, 0.717) is 28.0 Å². The fraction of sp³-hybridized carbons (Fsp3) is 0.167. The van der Waals surface area contributed by atoms with Crippen LogP contribution in [0.15, 0.2) is 59.8 Å². The molecule has 2 aromatic carbocycles. The molecular weight excluding hydrogens is 308 g/mol. The lowest BCUT2D eigenvalue weighted by atomic mass is 9.95. The van der Waals surface area contributed by atoms with E-state index < -0.39 is 5.97 Å². The van der Waals surface area contributed by atoms with Crippen molar-refractivity contribution in [3.8, 4) is 0 Å². The molecule has 0 bridgehead atoms. The maximum absolute atomic E-state index is 12.5. The van der Waals surface area contributed by atoms with Crippen LogP contribution in [0.1, 0.15) is 18.1 Å². The summed E-state index contributed by atoms with van der Waals surface area (Å²) in [5, 5.41) is 2.87. The Labute approximate surface area is 139 Å². The highest BCUT2D eigenvalue weighted by Crippen LogP contribution is 2.29. The number of nitrogens with two attached hydrogens (primary N) is 1. The van der Waals surface area contributed by atoms with Gasteiger partial charge in [-0.1, -0.05) is 42.5 Å². The highest BCUT2D eigenvalue weighted by Gasteiger charge is 2.20. The van der Waals surface area contributed by atoms with Gasteiger partial charge in [0.15, 0.2) is 0 Å². The van der Waals surface area contributed by atoms with Gasteiger partial charge >= 0.3 is 5.97 Å². The summed E-state index contributed by atoms with van der Waals surface area (Å²) in [4.78, 5) is 27.9. The van der Waals surface area contributed by atoms with Crippen molar-refractivity contribution in [1.82, 2.24) is 0 Å². The van der Waals surface area contributed by atoms with Gasteiger partial charge in [0.05, 0.1) is 18.8 Å². The Bertz CT molecular complexity index is 724. The Morgan fingerprint density at radius 2 is 1.71 bits per heavy atom. The molecule has 0 aromatic heterocycles. The van der Waals surface area contributed by atoms with E-state index in [4.69, 9.17) is 15.5 Å². The summed E-state index contributed by atoms with van der Waals surface area (Å²) in [5.41, 5.74) is 2.62. The lowest BCUT2D eigenvalue weighted by Crippen LogP contribution is -2.13. The molecule has 0 spiro atoms. The molecule has 0 amide bonds. The molecule has 0 heterocycles. The molecule has 0 aliphatic rings. The van der Waals surface area contributed by atoms with E-state index in [1.54, 1.807) is 31.2 Å². The van der Waals surface area contributed by atoms with Gasteiger partial charge in [-0.3, -0.25) is 4.84 Å². The minimum Gasteiger partial charge on any atom is -0.462 e. The average Bonchev–Trinajstić information content (AvgIpc) is 2.62. The molecule has 2 N–H and O–H groups in total. The second-order valence-corrected chi connectivity index (χ2v) is 4.89. The zero-order chi connectivity index (χ0) is 17.4. The molecule has 0 atom stereocenters. The minimum atomic E-state index is -0.465. The van der Waals surface area contributed by atoms with Crippen molar-refractivity contribution in [2.45, 2.75) is 6.92 Å². The third-order valence-corrected chi connectivity index (χ3v) is 3.39.